The zero-order valence-corrected chi connectivity index (χ0v) is 12.3. The molecule has 0 aromatic heterocycles. The average molecular weight is 282 g/mol. The number of hydrogen-bond acceptors (Lipinski definition) is 4. The lowest BCUT2D eigenvalue weighted by molar-refractivity contribution is -0.146. The lowest BCUT2D eigenvalue weighted by Gasteiger charge is -2.34. The third-order valence-electron chi connectivity index (χ3n) is 4.81. The van der Waals surface area contributed by atoms with Crippen molar-refractivity contribution in [3.8, 4) is 0 Å². The van der Waals surface area contributed by atoms with Crippen molar-refractivity contribution in [2.24, 2.45) is 17.6 Å². The number of carbonyl (C=O) groups excluding carboxylic acids is 2. The summed E-state index contributed by atoms with van der Waals surface area (Å²) in [6.45, 7) is 0. The van der Waals surface area contributed by atoms with Crippen molar-refractivity contribution in [3.05, 3.63) is 0 Å². The van der Waals surface area contributed by atoms with Crippen LogP contribution in [0, 0.1) is 11.8 Å². The van der Waals surface area contributed by atoms with Crippen LogP contribution < -0.4 is 11.1 Å². The monoisotopic (exact) mass is 282 g/mol. The van der Waals surface area contributed by atoms with E-state index in [0.717, 1.165) is 51.4 Å². The number of esters is 1. The number of primary amides is 1. The molecular weight excluding hydrogens is 256 g/mol. The van der Waals surface area contributed by atoms with Gasteiger partial charge in [0.15, 0.2) is 0 Å². The number of nitrogens with two attached hydrogens (primary N) is 1. The molecule has 2 saturated carbocycles. The first-order chi connectivity index (χ1) is 9.60. The molecule has 3 N–H and O–H groups in total. The van der Waals surface area contributed by atoms with E-state index in [1.54, 1.807) is 0 Å². The number of amides is 1. The Bertz CT molecular complexity index is 351. The number of ether oxygens (including phenoxy) is 1. The van der Waals surface area contributed by atoms with Gasteiger partial charge in [0.1, 0.15) is 0 Å². The Morgan fingerprint density at radius 2 is 1.70 bits per heavy atom. The number of methoxy groups -OCH3 is 1. The predicted molar refractivity (Wildman–Crippen MR) is 75.8 cm³/mol. The Morgan fingerprint density at radius 3 is 2.30 bits per heavy atom. The normalized spacial score (nSPS) is 34.5. The fourth-order valence-electron chi connectivity index (χ4n) is 3.60. The molecule has 0 saturated heterocycles. The van der Waals surface area contributed by atoms with E-state index in [1.165, 1.54) is 7.11 Å². The highest BCUT2D eigenvalue weighted by molar-refractivity contribution is 5.76. The van der Waals surface area contributed by atoms with Gasteiger partial charge in [0, 0.05) is 18.0 Å². The molecular formula is C15H26N2O3. The van der Waals surface area contributed by atoms with Crippen molar-refractivity contribution in [1.29, 1.82) is 0 Å². The summed E-state index contributed by atoms with van der Waals surface area (Å²) in [4.78, 5) is 22.8. The second kappa shape index (κ2) is 7.07. The van der Waals surface area contributed by atoms with Gasteiger partial charge in [-0.2, -0.15) is 0 Å². The maximum absolute atomic E-state index is 11.5. The van der Waals surface area contributed by atoms with Crippen LogP contribution in [0.2, 0.25) is 0 Å². The molecule has 5 nitrogen and oxygen atoms in total. The smallest absolute Gasteiger partial charge is 0.308 e. The summed E-state index contributed by atoms with van der Waals surface area (Å²) in [5, 5.41) is 3.66. The Morgan fingerprint density at radius 1 is 1.00 bits per heavy atom. The maximum Gasteiger partial charge on any atom is 0.308 e. The van der Waals surface area contributed by atoms with Crippen LogP contribution >= 0.6 is 0 Å². The molecule has 2 atom stereocenters. The standard InChI is InChI=1S/C15H26N2O3/c1-20-15(19)10-5-7-12(8-6-10)17-13-4-2-3-11(9-13)14(16)18/h10-13,17H,2-9H2,1H3,(H2,16,18)/t10?,11-,12?,13-/m0/s1. The zero-order chi connectivity index (χ0) is 14.5. The quantitative estimate of drug-likeness (QED) is 0.763. The van der Waals surface area contributed by atoms with E-state index >= 15 is 0 Å². The summed E-state index contributed by atoms with van der Waals surface area (Å²) < 4.78 is 4.80. The third kappa shape index (κ3) is 3.95. The lowest BCUT2D eigenvalue weighted by Crippen LogP contribution is -2.45. The van der Waals surface area contributed by atoms with Gasteiger partial charge in [-0.3, -0.25) is 9.59 Å². The van der Waals surface area contributed by atoms with Crippen LogP contribution in [0.5, 0.6) is 0 Å². The van der Waals surface area contributed by atoms with Crippen LogP contribution in [0.4, 0.5) is 0 Å². The molecule has 2 aliphatic carbocycles. The van der Waals surface area contributed by atoms with Gasteiger partial charge < -0.3 is 15.8 Å². The molecule has 1 amide bonds. The summed E-state index contributed by atoms with van der Waals surface area (Å²) in [6, 6.07) is 0.869. The van der Waals surface area contributed by atoms with E-state index in [2.05, 4.69) is 5.32 Å². The molecule has 0 aliphatic heterocycles. The minimum atomic E-state index is -0.161. The van der Waals surface area contributed by atoms with E-state index in [0.29, 0.717) is 12.1 Å². The van der Waals surface area contributed by atoms with Gasteiger partial charge in [-0.25, -0.2) is 0 Å². The molecule has 20 heavy (non-hydrogen) atoms. The van der Waals surface area contributed by atoms with E-state index < -0.39 is 0 Å². The summed E-state index contributed by atoms with van der Waals surface area (Å²) in [5.41, 5.74) is 5.41. The molecule has 2 aliphatic rings. The first-order valence-electron chi connectivity index (χ1n) is 7.73. The van der Waals surface area contributed by atoms with Gasteiger partial charge in [0.25, 0.3) is 0 Å². The van der Waals surface area contributed by atoms with Crippen molar-refractivity contribution in [1.82, 2.24) is 5.32 Å². The molecule has 114 valence electrons. The molecule has 0 unspecified atom stereocenters. The Kier molecular flexibility index (Phi) is 5.40. The van der Waals surface area contributed by atoms with E-state index in [9.17, 15) is 9.59 Å². The number of carbonyl (C=O) groups is 2. The molecule has 2 fully saturated rings. The molecule has 0 aromatic rings. The second-order valence-corrected chi connectivity index (χ2v) is 6.20. The molecule has 0 spiro atoms. The third-order valence-corrected chi connectivity index (χ3v) is 4.81. The van der Waals surface area contributed by atoms with Crippen molar-refractivity contribution in [2.45, 2.75) is 63.5 Å². The Hall–Kier alpha value is -1.10. The van der Waals surface area contributed by atoms with Crippen LogP contribution in [-0.4, -0.2) is 31.1 Å². The highest BCUT2D eigenvalue weighted by Crippen LogP contribution is 2.28. The van der Waals surface area contributed by atoms with Crippen LogP contribution in [-0.2, 0) is 14.3 Å². The van der Waals surface area contributed by atoms with Gasteiger partial charge in [0.2, 0.25) is 5.91 Å². The number of nitrogens with one attached hydrogen (secondary N) is 1. The first-order valence-corrected chi connectivity index (χ1v) is 7.73. The summed E-state index contributed by atoms with van der Waals surface area (Å²) in [5.74, 6) is -0.128. The largest absolute Gasteiger partial charge is 0.469 e. The average Bonchev–Trinajstić information content (AvgIpc) is 2.47. The second-order valence-electron chi connectivity index (χ2n) is 6.20. The van der Waals surface area contributed by atoms with Crippen molar-refractivity contribution >= 4 is 11.9 Å². The predicted octanol–water partition coefficient (Wildman–Crippen LogP) is 1.35. The van der Waals surface area contributed by atoms with Gasteiger partial charge in [-0.1, -0.05) is 6.42 Å². The number of hydrogen-bond donors (Lipinski definition) is 2. The molecule has 5 heteroatoms. The van der Waals surface area contributed by atoms with Gasteiger partial charge in [-0.05, 0) is 44.9 Å². The van der Waals surface area contributed by atoms with Crippen LogP contribution in [0.15, 0.2) is 0 Å². The molecule has 0 aromatic carbocycles. The maximum atomic E-state index is 11.5. The van der Waals surface area contributed by atoms with Crippen molar-refractivity contribution < 1.29 is 14.3 Å². The number of rotatable bonds is 4. The summed E-state index contributed by atoms with van der Waals surface area (Å²) in [7, 11) is 1.46. The SMILES string of the molecule is COC(=O)C1CCC(N[C@H]2CCC[C@H](C(N)=O)C2)CC1. The lowest BCUT2D eigenvalue weighted by atomic mass is 9.82. The summed E-state index contributed by atoms with van der Waals surface area (Å²) in [6.07, 6.45) is 7.82. The topological polar surface area (TPSA) is 81.4 Å². The minimum Gasteiger partial charge on any atom is -0.469 e. The van der Waals surface area contributed by atoms with Crippen molar-refractivity contribution in [3.63, 3.8) is 0 Å². The molecule has 2 rings (SSSR count). The van der Waals surface area contributed by atoms with Crippen LogP contribution in [0.1, 0.15) is 51.4 Å². The van der Waals surface area contributed by atoms with Crippen LogP contribution in [0.25, 0.3) is 0 Å². The van der Waals surface area contributed by atoms with Gasteiger partial charge in [0.05, 0.1) is 13.0 Å². The first kappa shape index (κ1) is 15.3. The van der Waals surface area contributed by atoms with Gasteiger partial charge >= 0.3 is 5.97 Å². The van der Waals surface area contributed by atoms with Crippen molar-refractivity contribution in [2.75, 3.05) is 7.11 Å². The van der Waals surface area contributed by atoms with E-state index in [-0.39, 0.29) is 23.7 Å². The fraction of sp³-hybridized carbons (Fsp3) is 0.867. The zero-order valence-electron chi connectivity index (χ0n) is 12.3. The molecule has 0 heterocycles. The van der Waals surface area contributed by atoms with E-state index in [4.69, 9.17) is 10.5 Å². The van der Waals surface area contributed by atoms with Gasteiger partial charge in [-0.15, -0.1) is 0 Å². The Balaban J connectivity index is 1.75. The fourth-order valence-corrected chi connectivity index (χ4v) is 3.60. The highest BCUT2D eigenvalue weighted by Gasteiger charge is 2.30. The highest BCUT2D eigenvalue weighted by atomic mass is 16.5. The Labute approximate surface area is 120 Å². The molecule has 0 radical (unpaired) electrons. The molecule has 0 bridgehead atoms. The van der Waals surface area contributed by atoms with Crippen LogP contribution in [0.3, 0.4) is 0 Å². The summed E-state index contributed by atoms with van der Waals surface area (Å²) >= 11 is 0. The van der Waals surface area contributed by atoms with E-state index in [1.807, 2.05) is 0 Å². The minimum absolute atomic E-state index is 0.0349.